The minimum absolute atomic E-state index is 0.290. The summed E-state index contributed by atoms with van der Waals surface area (Å²) in [5.74, 6) is 0.637. The van der Waals surface area contributed by atoms with Crippen LogP contribution in [0.25, 0.3) is 0 Å². The highest BCUT2D eigenvalue weighted by atomic mass is 16.5. The molecule has 0 aromatic heterocycles. The fraction of sp³-hybridized carbons (Fsp3) is 1.00. The number of nitrogens with zero attached hydrogens (tertiary/aromatic N) is 2. The van der Waals surface area contributed by atoms with Gasteiger partial charge in [0.15, 0.2) is 0 Å². The summed E-state index contributed by atoms with van der Waals surface area (Å²) in [5.41, 5.74) is 0. The minimum Gasteiger partial charge on any atom is -0.395 e. The van der Waals surface area contributed by atoms with E-state index in [1.165, 1.54) is 13.0 Å². The van der Waals surface area contributed by atoms with Crippen molar-refractivity contribution < 1.29 is 9.84 Å². The van der Waals surface area contributed by atoms with Crippen LogP contribution in [-0.4, -0.2) is 74.0 Å². The minimum atomic E-state index is 0.290. The normalized spacial score (nSPS) is 32.0. The molecule has 4 nitrogen and oxygen atoms in total. The van der Waals surface area contributed by atoms with Crippen LogP contribution >= 0.6 is 0 Å². The molecule has 0 aliphatic carbocycles. The van der Waals surface area contributed by atoms with Gasteiger partial charge in [-0.05, 0) is 25.9 Å². The summed E-state index contributed by atoms with van der Waals surface area (Å²) in [6.45, 7) is 6.18. The molecule has 15 heavy (non-hydrogen) atoms. The summed E-state index contributed by atoms with van der Waals surface area (Å²) in [6, 6.07) is 0.346. The Morgan fingerprint density at radius 3 is 2.60 bits per heavy atom. The van der Waals surface area contributed by atoms with E-state index in [0.29, 0.717) is 18.6 Å². The highest BCUT2D eigenvalue weighted by Crippen LogP contribution is 2.22. The lowest BCUT2D eigenvalue weighted by atomic mass is 9.97. The second kappa shape index (κ2) is 5.25. The maximum absolute atomic E-state index is 9.52. The van der Waals surface area contributed by atoms with Crippen molar-refractivity contribution in [3.05, 3.63) is 0 Å². The lowest BCUT2D eigenvalue weighted by Gasteiger charge is -2.36. The van der Waals surface area contributed by atoms with Crippen molar-refractivity contribution in [1.29, 1.82) is 0 Å². The molecule has 0 spiro atoms. The van der Waals surface area contributed by atoms with Crippen LogP contribution in [0.2, 0.25) is 0 Å². The second-order valence-electron chi connectivity index (χ2n) is 4.71. The van der Waals surface area contributed by atoms with E-state index in [4.69, 9.17) is 4.74 Å². The molecule has 0 saturated carbocycles. The van der Waals surface area contributed by atoms with Crippen LogP contribution in [0.3, 0.4) is 0 Å². The molecule has 88 valence electrons. The molecule has 0 amide bonds. The molecule has 0 aromatic carbocycles. The van der Waals surface area contributed by atoms with E-state index in [2.05, 4.69) is 16.8 Å². The van der Waals surface area contributed by atoms with Gasteiger partial charge in [-0.1, -0.05) is 0 Å². The van der Waals surface area contributed by atoms with Crippen molar-refractivity contribution in [1.82, 2.24) is 9.80 Å². The fourth-order valence-corrected chi connectivity index (χ4v) is 2.75. The summed E-state index contributed by atoms with van der Waals surface area (Å²) in [4.78, 5) is 4.75. The second-order valence-corrected chi connectivity index (χ2v) is 4.71. The Balaban J connectivity index is 1.90. The van der Waals surface area contributed by atoms with Crippen LogP contribution in [0.15, 0.2) is 0 Å². The average Bonchev–Trinajstić information content (AvgIpc) is 2.68. The van der Waals surface area contributed by atoms with Gasteiger partial charge in [0.25, 0.3) is 0 Å². The number of hydrogen-bond acceptors (Lipinski definition) is 4. The number of rotatable bonds is 3. The van der Waals surface area contributed by atoms with Crippen molar-refractivity contribution in [3.8, 4) is 0 Å². The van der Waals surface area contributed by atoms with Crippen molar-refractivity contribution >= 4 is 0 Å². The van der Waals surface area contributed by atoms with E-state index in [9.17, 15) is 5.11 Å². The Labute approximate surface area is 91.8 Å². The molecule has 0 bridgehead atoms. The average molecular weight is 214 g/mol. The van der Waals surface area contributed by atoms with Crippen LogP contribution in [-0.2, 0) is 4.74 Å². The molecule has 0 radical (unpaired) electrons. The first-order valence-corrected chi connectivity index (χ1v) is 5.92. The van der Waals surface area contributed by atoms with Crippen LogP contribution < -0.4 is 0 Å². The maximum atomic E-state index is 9.52. The van der Waals surface area contributed by atoms with Crippen molar-refractivity contribution in [2.24, 2.45) is 5.92 Å². The number of aliphatic hydroxyl groups excluding tert-OH is 1. The Bertz CT molecular complexity index is 190. The van der Waals surface area contributed by atoms with Crippen molar-refractivity contribution in [3.63, 3.8) is 0 Å². The van der Waals surface area contributed by atoms with E-state index in [0.717, 1.165) is 32.8 Å². The summed E-state index contributed by atoms with van der Waals surface area (Å²) in [6.07, 6.45) is 1.22. The quantitative estimate of drug-likeness (QED) is 0.695. The third kappa shape index (κ3) is 2.69. The first-order chi connectivity index (χ1) is 7.31. The van der Waals surface area contributed by atoms with Gasteiger partial charge in [-0.3, -0.25) is 4.90 Å². The molecule has 2 saturated heterocycles. The van der Waals surface area contributed by atoms with Crippen LogP contribution in [0.4, 0.5) is 0 Å². The van der Waals surface area contributed by atoms with Gasteiger partial charge in [0, 0.05) is 25.7 Å². The zero-order valence-electron chi connectivity index (χ0n) is 9.56. The SMILES string of the molecule is CN1CCC(C(CO)N2CCOCC2)C1. The lowest BCUT2D eigenvalue weighted by Crippen LogP contribution is -2.49. The predicted octanol–water partition coefficient (Wildman–Crippen LogP) is -0.369. The summed E-state index contributed by atoms with van der Waals surface area (Å²) < 4.78 is 5.34. The molecule has 2 aliphatic heterocycles. The molecule has 2 aliphatic rings. The topological polar surface area (TPSA) is 35.9 Å². The molecule has 2 atom stereocenters. The maximum Gasteiger partial charge on any atom is 0.0594 e. The number of morpholine rings is 1. The summed E-state index contributed by atoms with van der Waals surface area (Å²) in [7, 11) is 2.16. The summed E-state index contributed by atoms with van der Waals surface area (Å²) >= 11 is 0. The first kappa shape index (κ1) is 11.3. The summed E-state index contributed by atoms with van der Waals surface area (Å²) in [5, 5.41) is 9.52. The van der Waals surface area contributed by atoms with Gasteiger partial charge in [-0.2, -0.15) is 0 Å². The van der Waals surface area contributed by atoms with Gasteiger partial charge < -0.3 is 14.7 Å². The van der Waals surface area contributed by atoms with Gasteiger partial charge >= 0.3 is 0 Å². The molecule has 4 heteroatoms. The Kier molecular flexibility index (Phi) is 3.97. The van der Waals surface area contributed by atoms with Gasteiger partial charge in [0.1, 0.15) is 0 Å². The van der Waals surface area contributed by atoms with Crippen LogP contribution in [0.1, 0.15) is 6.42 Å². The molecule has 2 fully saturated rings. The van der Waals surface area contributed by atoms with E-state index >= 15 is 0 Å². The zero-order valence-corrected chi connectivity index (χ0v) is 9.56. The molecule has 2 unspecified atom stereocenters. The molecule has 1 N–H and O–H groups in total. The van der Waals surface area contributed by atoms with E-state index in [-0.39, 0.29) is 0 Å². The number of likely N-dealkylation sites (tertiary alicyclic amines) is 1. The first-order valence-electron chi connectivity index (χ1n) is 5.92. The van der Waals surface area contributed by atoms with E-state index in [1.807, 2.05) is 0 Å². The van der Waals surface area contributed by atoms with Gasteiger partial charge in [-0.25, -0.2) is 0 Å². The molecule has 2 rings (SSSR count). The third-order valence-corrected chi connectivity index (χ3v) is 3.67. The van der Waals surface area contributed by atoms with E-state index in [1.54, 1.807) is 0 Å². The van der Waals surface area contributed by atoms with Crippen molar-refractivity contribution in [2.45, 2.75) is 12.5 Å². The van der Waals surface area contributed by atoms with Gasteiger partial charge in [0.2, 0.25) is 0 Å². The standard InChI is InChI=1S/C11H22N2O2/c1-12-3-2-10(8-12)11(9-14)13-4-6-15-7-5-13/h10-11,14H,2-9H2,1H3. The van der Waals surface area contributed by atoms with Crippen LogP contribution in [0, 0.1) is 5.92 Å². The highest BCUT2D eigenvalue weighted by molar-refractivity contribution is 4.86. The lowest BCUT2D eigenvalue weighted by molar-refractivity contribution is -0.0119. The molecular formula is C11H22N2O2. The monoisotopic (exact) mass is 214 g/mol. The van der Waals surface area contributed by atoms with Gasteiger partial charge in [0.05, 0.1) is 19.8 Å². The largest absolute Gasteiger partial charge is 0.395 e. The predicted molar refractivity (Wildman–Crippen MR) is 58.9 cm³/mol. The number of hydrogen-bond donors (Lipinski definition) is 1. The molecule has 0 aromatic rings. The Morgan fingerprint density at radius 2 is 2.07 bits per heavy atom. The van der Waals surface area contributed by atoms with Crippen LogP contribution in [0.5, 0.6) is 0 Å². The van der Waals surface area contributed by atoms with E-state index < -0.39 is 0 Å². The third-order valence-electron chi connectivity index (χ3n) is 3.67. The highest BCUT2D eigenvalue weighted by Gasteiger charge is 2.31. The molecular weight excluding hydrogens is 192 g/mol. The number of aliphatic hydroxyl groups is 1. The molecule has 2 heterocycles. The van der Waals surface area contributed by atoms with Gasteiger partial charge in [-0.15, -0.1) is 0 Å². The number of ether oxygens (including phenoxy) is 1. The zero-order chi connectivity index (χ0) is 10.7. The van der Waals surface area contributed by atoms with Crippen molar-refractivity contribution in [2.75, 3.05) is 53.0 Å². The Hall–Kier alpha value is -0.160. The fourth-order valence-electron chi connectivity index (χ4n) is 2.75. The Morgan fingerprint density at radius 1 is 1.33 bits per heavy atom. The smallest absolute Gasteiger partial charge is 0.0594 e.